The summed E-state index contributed by atoms with van der Waals surface area (Å²) in [7, 11) is 0. The van der Waals surface area contributed by atoms with Crippen LogP contribution in [0.15, 0.2) is 0 Å². The quantitative estimate of drug-likeness (QED) is 0.652. The smallest absolute Gasteiger partial charge is 0.0519 e. The molecule has 0 aromatic heterocycles. The van der Waals surface area contributed by atoms with E-state index in [0.717, 1.165) is 24.4 Å². The van der Waals surface area contributed by atoms with E-state index in [2.05, 4.69) is 13.8 Å². The molecule has 0 atom stereocenters. The molecule has 0 radical (unpaired) electrons. The highest BCUT2D eigenvalue weighted by atomic mass is 16.5. The molecule has 0 aromatic rings. The molecule has 0 aliphatic heterocycles. The van der Waals surface area contributed by atoms with E-state index in [0.29, 0.717) is 6.10 Å². The first-order chi connectivity index (χ1) is 6.77. The minimum absolute atomic E-state index is 0.414. The van der Waals surface area contributed by atoms with Gasteiger partial charge in [0, 0.05) is 0 Å². The molecule has 2 saturated carbocycles. The summed E-state index contributed by atoms with van der Waals surface area (Å²) in [6.07, 6.45) is 9.25. The number of hydrogen-bond acceptors (Lipinski definition) is 1. The molecule has 1 nitrogen and oxygen atoms in total. The fourth-order valence-electron chi connectivity index (χ4n) is 2.70. The minimum Gasteiger partial charge on any atom is -0.378 e. The average molecular weight is 196 g/mol. The maximum atomic E-state index is 5.82. The Kier molecular flexibility index (Phi) is 3.48. The molecular formula is C13H24O. The third kappa shape index (κ3) is 2.31. The summed E-state index contributed by atoms with van der Waals surface area (Å²) in [6, 6.07) is 0. The van der Waals surface area contributed by atoms with Crippen LogP contribution >= 0.6 is 0 Å². The van der Waals surface area contributed by atoms with Crippen LogP contribution in [-0.4, -0.2) is 12.7 Å². The summed E-state index contributed by atoms with van der Waals surface area (Å²) in [5.41, 5.74) is 0. The van der Waals surface area contributed by atoms with Gasteiger partial charge < -0.3 is 4.74 Å². The molecule has 2 rings (SSSR count). The van der Waals surface area contributed by atoms with Gasteiger partial charge in [-0.3, -0.25) is 0 Å². The molecule has 0 N–H and O–H groups in total. The predicted molar refractivity (Wildman–Crippen MR) is 59.3 cm³/mol. The van der Waals surface area contributed by atoms with Crippen molar-refractivity contribution in [1.29, 1.82) is 0 Å². The van der Waals surface area contributed by atoms with Crippen LogP contribution in [0.4, 0.5) is 0 Å². The molecule has 2 aliphatic rings. The lowest BCUT2D eigenvalue weighted by Gasteiger charge is -2.42. The Hall–Kier alpha value is -0.0400. The molecule has 0 amide bonds. The molecule has 0 spiro atoms. The van der Waals surface area contributed by atoms with Gasteiger partial charge in [0.15, 0.2) is 0 Å². The summed E-state index contributed by atoms with van der Waals surface area (Å²) in [4.78, 5) is 0. The Balaban J connectivity index is 1.78. The van der Waals surface area contributed by atoms with Gasteiger partial charge in [-0.05, 0) is 31.6 Å². The summed E-state index contributed by atoms with van der Waals surface area (Å²) in [6.45, 7) is 5.34. The van der Waals surface area contributed by atoms with Crippen molar-refractivity contribution in [3.8, 4) is 0 Å². The lowest BCUT2D eigenvalue weighted by Crippen LogP contribution is -2.36. The summed E-state index contributed by atoms with van der Waals surface area (Å²) in [5, 5.41) is 0. The summed E-state index contributed by atoms with van der Waals surface area (Å²) in [5.74, 6) is 2.93. The van der Waals surface area contributed by atoms with Crippen molar-refractivity contribution in [2.24, 2.45) is 17.8 Å². The SMILES string of the molecule is CC(C)OCC(C1CCC1)C1CCC1. The van der Waals surface area contributed by atoms with Crippen molar-refractivity contribution in [2.45, 2.75) is 58.5 Å². The van der Waals surface area contributed by atoms with Crippen LogP contribution in [0, 0.1) is 17.8 Å². The van der Waals surface area contributed by atoms with Crippen LogP contribution in [0.25, 0.3) is 0 Å². The van der Waals surface area contributed by atoms with Gasteiger partial charge in [-0.15, -0.1) is 0 Å². The fraction of sp³-hybridized carbons (Fsp3) is 1.00. The third-order valence-corrected chi connectivity index (χ3v) is 4.13. The van der Waals surface area contributed by atoms with Gasteiger partial charge >= 0.3 is 0 Å². The normalized spacial score (nSPS) is 24.0. The lowest BCUT2D eigenvalue weighted by atomic mass is 9.65. The first-order valence-electron chi connectivity index (χ1n) is 6.39. The highest BCUT2D eigenvalue weighted by Crippen LogP contribution is 2.44. The molecule has 0 heterocycles. The van der Waals surface area contributed by atoms with Gasteiger partial charge in [0.1, 0.15) is 0 Å². The Morgan fingerprint density at radius 2 is 1.50 bits per heavy atom. The van der Waals surface area contributed by atoms with E-state index >= 15 is 0 Å². The largest absolute Gasteiger partial charge is 0.378 e. The van der Waals surface area contributed by atoms with Gasteiger partial charge in [0.2, 0.25) is 0 Å². The van der Waals surface area contributed by atoms with Crippen molar-refractivity contribution < 1.29 is 4.74 Å². The molecule has 0 bridgehead atoms. The first-order valence-corrected chi connectivity index (χ1v) is 6.39. The predicted octanol–water partition coefficient (Wildman–Crippen LogP) is 3.63. The second kappa shape index (κ2) is 4.65. The van der Waals surface area contributed by atoms with Gasteiger partial charge in [0.25, 0.3) is 0 Å². The van der Waals surface area contributed by atoms with Crippen molar-refractivity contribution >= 4 is 0 Å². The summed E-state index contributed by atoms with van der Waals surface area (Å²) < 4.78 is 5.82. The zero-order chi connectivity index (χ0) is 9.97. The molecule has 2 fully saturated rings. The van der Waals surface area contributed by atoms with Crippen LogP contribution < -0.4 is 0 Å². The lowest BCUT2D eigenvalue weighted by molar-refractivity contribution is -0.0196. The van der Waals surface area contributed by atoms with E-state index in [1.54, 1.807) is 0 Å². The second-order valence-electron chi connectivity index (χ2n) is 5.43. The van der Waals surface area contributed by atoms with E-state index < -0.39 is 0 Å². The minimum atomic E-state index is 0.414. The maximum Gasteiger partial charge on any atom is 0.0519 e. The highest BCUT2D eigenvalue weighted by molar-refractivity contribution is 4.86. The highest BCUT2D eigenvalue weighted by Gasteiger charge is 2.36. The van der Waals surface area contributed by atoms with Crippen molar-refractivity contribution in [3.63, 3.8) is 0 Å². The van der Waals surface area contributed by atoms with Gasteiger partial charge in [-0.25, -0.2) is 0 Å². The van der Waals surface area contributed by atoms with Gasteiger partial charge in [-0.1, -0.05) is 38.5 Å². The third-order valence-electron chi connectivity index (χ3n) is 4.13. The number of rotatable bonds is 5. The van der Waals surface area contributed by atoms with Crippen LogP contribution in [-0.2, 0) is 4.74 Å². The molecule has 1 heteroatoms. The van der Waals surface area contributed by atoms with Gasteiger partial charge in [0.05, 0.1) is 12.7 Å². The van der Waals surface area contributed by atoms with Crippen LogP contribution in [0.2, 0.25) is 0 Å². The number of hydrogen-bond donors (Lipinski definition) is 0. The first kappa shape index (κ1) is 10.5. The summed E-state index contributed by atoms with van der Waals surface area (Å²) >= 11 is 0. The van der Waals surface area contributed by atoms with Crippen LogP contribution in [0.1, 0.15) is 52.4 Å². The topological polar surface area (TPSA) is 9.23 Å². The van der Waals surface area contributed by atoms with E-state index in [4.69, 9.17) is 4.74 Å². The molecule has 0 saturated heterocycles. The zero-order valence-electron chi connectivity index (χ0n) is 9.67. The van der Waals surface area contributed by atoms with E-state index in [1.165, 1.54) is 38.5 Å². The Morgan fingerprint density at radius 3 is 1.79 bits per heavy atom. The van der Waals surface area contributed by atoms with Crippen molar-refractivity contribution in [1.82, 2.24) is 0 Å². The zero-order valence-corrected chi connectivity index (χ0v) is 9.67. The van der Waals surface area contributed by atoms with Crippen molar-refractivity contribution in [3.05, 3.63) is 0 Å². The molecule has 0 unspecified atom stereocenters. The van der Waals surface area contributed by atoms with E-state index in [9.17, 15) is 0 Å². The molecule has 14 heavy (non-hydrogen) atoms. The molecule has 0 aromatic carbocycles. The molecule has 82 valence electrons. The number of ether oxygens (including phenoxy) is 1. The van der Waals surface area contributed by atoms with Crippen LogP contribution in [0.3, 0.4) is 0 Å². The Morgan fingerprint density at radius 1 is 1.00 bits per heavy atom. The fourth-order valence-corrected chi connectivity index (χ4v) is 2.70. The van der Waals surface area contributed by atoms with Gasteiger partial charge in [-0.2, -0.15) is 0 Å². The Labute approximate surface area is 88.2 Å². The van der Waals surface area contributed by atoms with E-state index in [1.807, 2.05) is 0 Å². The van der Waals surface area contributed by atoms with E-state index in [-0.39, 0.29) is 0 Å². The molecular weight excluding hydrogens is 172 g/mol. The van der Waals surface area contributed by atoms with Crippen LogP contribution in [0.5, 0.6) is 0 Å². The Bertz CT molecular complexity index is 154. The standard InChI is InChI=1S/C13H24O/c1-10(2)14-9-13(11-5-3-6-11)12-7-4-8-12/h10-13H,3-9H2,1-2H3. The maximum absolute atomic E-state index is 5.82. The monoisotopic (exact) mass is 196 g/mol. The molecule has 2 aliphatic carbocycles. The van der Waals surface area contributed by atoms with Crippen molar-refractivity contribution in [2.75, 3.05) is 6.61 Å². The average Bonchev–Trinajstić information content (AvgIpc) is 1.92. The second-order valence-corrected chi connectivity index (χ2v) is 5.43.